The third-order valence-corrected chi connectivity index (χ3v) is 7.22. The predicted molar refractivity (Wildman–Crippen MR) is 150 cm³/mol. The summed E-state index contributed by atoms with van der Waals surface area (Å²) in [6.07, 6.45) is 1.50. The first kappa shape index (κ1) is 28.3. The quantitative estimate of drug-likeness (QED) is 0.274. The summed E-state index contributed by atoms with van der Waals surface area (Å²) in [7, 11) is 4.92. The molecule has 39 heavy (non-hydrogen) atoms. The Hall–Kier alpha value is -3.76. The van der Waals surface area contributed by atoms with Crippen LogP contribution in [0.4, 0.5) is 0 Å². The topological polar surface area (TPSA) is 107 Å². The fourth-order valence-corrected chi connectivity index (χ4v) is 5.00. The van der Waals surface area contributed by atoms with Crippen LogP contribution in [-0.4, -0.2) is 64.6 Å². The van der Waals surface area contributed by atoms with Crippen molar-refractivity contribution in [3.05, 3.63) is 74.8 Å². The number of pyridine rings is 1. The number of H-pyrrole nitrogens is 1. The number of aromatic nitrogens is 5. The van der Waals surface area contributed by atoms with Crippen LogP contribution >= 0.6 is 0 Å². The second-order valence-corrected chi connectivity index (χ2v) is 9.70. The monoisotopic (exact) mass is 534 g/mol. The summed E-state index contributed by atoms with van der Waals surface area (Å²) in [6, 6.07) is 12.0. The van der Waals surface area contributed by atoms with Crippen molar-refractivity contribution in [2.24, 2.45) is 0 Å². The molecule has 0 amide bonds. The molecular weight excluding hydrogens is 496 g/mol. The molecule has 10 heteroatoms. The highest BCUT2D eigenvalue weighted by molar-refractivity contribution is 5.85. The van der Waals surface area contributed by atoms with Gasteiger partial charge in [-0.25, -0.2) is 4.68 Å². The highest BCUT2D eigenvalue weighted by atomic mass is 16.5. The van der Waals surface area contributed by atoms with Crippen LogP contribution in [0.5, 0.6) is 11.5 Å². The highest BCUT2D eigenvalue weighted by Gasteiger charge is 2.26. The first-order valence-electron chi connectivity index (χ1n) is 13.2. The van der Waals surface area contributed by atoms with E-state index in [-0.39, 0.29) is 11.6 Å². The number of benzene rings is 2. The number of aryl methyl sites for hydroxylation is 2. The Bertz CT molecular complexity index is 1460. The van der Waals surface area contributed by atoms with Gasteiger partial charge in [0.15, 0.2) is 17.3 Å². The lowest BCUT2D eigenvalue weighted by Crippen LogP contribution is -2.34. The summed E-state index contributed by atoms with van der Waals surface area (Å²) in [5, 5.41) is 13.6. The SMILES string of the molecule is CC[C@H](c1nnnn1CCOC)N(CCc1ccc(OC)c(OC)c1)Cc1cc2c(C)ccc(C)c2[nH]c1=O. The predicted octanol–water partition coefficient (Wildman–Crippen LogP) is 3.99. The van der Waals surface area contributed by atoms with Crippen molar-refractivity contribution in [2.45, 2.75) is 52.7 Å². The Labute approximate surface area is 228 Å². The Balaban J connectivity index is 1.71. The molecule has 0 saturated heterocycles. The molecule has 0 aliphatic carbocycles. The lowest BCUT2D eigenvalue weighted by molar-refractivity contribution is 0.158. The standard InChI is InChI=1S/C29H38N6O4/c1-7-24(28-31-32-33-35(28)14-15-37-4)34(13-12-21-10-11-25(38-5)26(16-21)39-6)18-22-17-23-19(2)8-9-20(3)27(23)30-29(22)36/h8-11,16-17,24H,7,12-15,18H2,1-6H3,(H,30,36)/t24-/m1/s1. The van der Waals surface area contributed by atoms with Crippen LogP contribution in [0.2, 0.25) is 0 Å². The number of ether oxygens (including phenoxy) is 3. The molecule has 0 bridgehead atoms. The van der Waals surface area contributed by atoms with Gasteiger partial charge in [0.25, 0.3) is 5.56 Å². The van der Waals surface area contributed by atoms with Gasteiger partial charge in [-0.2, -0.15) is 0 Å². The van der Waals surface area contributed by atoms with Gasteiger partial charge in [0.2, 0.25) is 0 Å². The molecule has 2 heterocycles. The van der Waals surface area contributed by atoms with Gasteiger partial charge in [-0.15, -0.1) is 5.10 Å². The zero-order valence-corrected chi connectivity index (χ0v) is 23.7. The number of hydrogen-bond acceptors (Lipinski definition) is 8. The van der Waals surface area contributed by atoms with Crippen molar-refractivity contribution in [2.75, 3.05) is 34.5 Å². The third kappa shape index (κ3) is 6.29. The zero-order valence-electron chi connectivity index (χ0n) is 23.7. The van der Waals surface area contributed by atoms with E-state index in [1.165, 1.54) is 0 Å². The normalized spacial score (nSPS) is 12.3. The summed E-state index contributed by atoms with van der Waals surface area (Å²) < 4.78 is 18.0. The molecule has 1 N–H and O–H groups in total. The second kappa shape index (κ2) is 12.9. The van der Waals surface area contributed by atoms with Crippen LogP contribution in [0.25, 0.3) is 10.9 Å². The molecule has 2 aromatic heterocycles. The third-order valence-electron chi connectivity index (χ3n) is 7.22. The molecule has 0 unspecified atom stereocenters. The van der Waals surface area contributed by atoms with Crippen LogP contribution in [0, 0.1) is 13.8 Å². The minimum atomic E-state index is -0.106. The first-order valence-corrected chi connectivity index (χ1v) is 13.2. The second-order valence-electron chi connectivity index (χ2n) is 9.70. The number of tetrazole rings is 1. The molecule has 0 radical (unpaired) electrons. The Kier molecular flexibility index (Phi) is 9.32. The highest BCUT2D eigenvalue weighted by Crippen LogP contribution is 2.29. The van der Waals surface area contributed by atoms with Crippen molar-refractivity contribution >= 4 is 10.9 Å². The molecule has 10 nitrogen and oxygen atoms in total. The number of aromatic amines is 1. The summed E-state index contributed by atoms with van der Waals surface area (Å²) in [4.78, 5) is 18.7. The molecule has 4 rings (SSSR count). The van der Waals surface area contributed by atoms with Crippen LogP contribution in [-0.2, 0) is 24.2 Å². The largest absolute Gasteiger partial charge is 0.493 e. The average molecular weight is 535 g/mol. The van der Waals surface area contributed by atoms with Gasteiger partial charge in [-0.1, -0.05) is 25.1 Å². The maximum atomic E-state index is 13.3. The van der Waals surface area contributed by atoms with Crippen molar-refractivity contribution < 1.29 is 14.2 Å². The summed E-state index contributed by atoms with van der Waals surface area (Å²) >= 11 is 0. The van der Waals surface area contributed by atoms with Gasteiger partial charge in [0, 0.05) is 31.1 Å². The molecule has 0 aliphatic rings. The molecule has 208 valence electrons. The summed E-state index contributed by atoms with van der Waals surface area (Å²) in [5.41, 5.74) is 4.79. The Morgan fingerprint density at radius 3 is 2.51 bits per heavy atom. The molecule has 0 saturated carbocycles. The zero-order chi connectivity index (χ0) is 27.9. The Morgan fingerprint density at radius 1 is 1.03 bits per heavy atom. The lowest BCUT2D eigenvalue weighted by atomic mass is 10.0. The van der Waals surface area contributed by atoms with Gasteiger partial charge in [-0.05, 0) is 72.0 Å². The van der Waals surface area contributed by atoms with Crippen LogP contribution in [0.15, 0.2) is 41.2 Å². The molecular formula is C29H38N6O4. The molecule has 0 spiro atoms. The van der Waals surface area contributed by atoms with E-state index in [1.807, 2.05) is 37.3 Å². The lowest BCUT2D eigenvalue weighted by Gasteiger charge is -2.30. The minimum absolute atomic E-state index is 0.0823. The van der Waals surface area contributed by atoms with E-state index in [4.69, 9.17) is 14.2 Å². The maximum absolute atomic E-state index is 13.3. The fraction of sp³-hybridized carbons (Fsp3) is 0.448. The van der Waals surface area contributed by atoms with E-state index in [9.17, 15) is 4.79 Å². The smallest absolute Gasteiger partial charge is 0.252 e. The van der Waals surface area contributed by atoms with Crippen LogP contribution < -0.4 is 15.0 Å². The van der Waals surface area contributed by atoms with Crippen LogP contribution in [0.3, 0.4) is 0 Å². The van der Waals surface area contributed by atoms with E-state index in [2.05, 4.69) is 45.3 Å². The van der Waals surface area contributed by atoms with E-state index in [1.54, 1.807) is 26.0 Å². The summed E-state index contributed by atoms with van der Waals surface area (Å²) in [6.45, 7) is 8.37. The Morgan fingerprint density at radius 2 is 1.79 bits per heavy atom. The minimum Gasteiger partial charge on any atom is -0.493 e. The molecule has 1 atom stereocenters. The fourth-order valence-electron chi connectivity index (χ4n) is 5.00. The average Bonchev–Trinajstić information content (AvgIpc) is 3.41. The molecule has 0 fully saturated rings. The van der Waals surface area contributed by atoms with E-state index in [0.717, 1.165) is 46.3 Å². The van der Waals surface area contributed by atoms with Gasteiger partial charge < -0.3 is 19.2 Å². The van der Waals surface area contributed by atoms with E-state index < -0.39 is 0 Å². The molecule has 4 aromatic rings. The molecule has 2 aromatic carbocycles. The van der Waals surface area contributed by atoms with Crippen molar-refractivity contribution in [3.8, 4) is 11.5 Å². The summed E-state index contributed by atoms with van der Waals surface area (Å²) in [5.74, 6) is 2.13. The first-order chi connectivity index (χ1) is 18.9. The number of nitrogens with one attached hydrogen (secondary N) is 1. The number of nitrogens with zero attached hydrogens (tertiary/aromatic N) is 5. The van der Waals surface area contributed by atoms with E-state index >= 15 is 0 Å². The van der Waals surface area contributed by atoms with Crippen molar-refractivity contribution in [3.63, 3.8) is 0 Å². The maximum Gasteiger partial charge on any atom is 0.252 e. The number of methoxy groups -OCH3 is 3. The van der Waals surface area contributed by atoms with Gasteiger partial charge in [0.1, 0.15) is 0 Å². The number of rotatable bonds is 13. The number of hydrogen-bond donors (Lipinski definition) is 1. The van der Waals surface area contributed by atoms with Gasteiger partial charge in [0.05, 0.1) is 38.9 Å². The van der Waals surface area contributed by atoms with Crippen LogP contribution in [0.1, 0.15) is 47.5 Å². The number of fused-ring (bicyclic) bond motifs is 1. The van der Waals surface area contributed by atoms with Crippen molar-refractivity contribution in [1.82, 2.24) is 30.1 Å². The van der Waals surface area contributed by atoms with E-state index in [0.29, 0.717) is 43.3 Å². The van der Waals surface area contributed by atoms with Crippen molar-refractivity contribution in [1.29, 1.82) is 0 Å². The van der Waals surface area contributed by atoms with Gasteiger partial charge in [-0.3, -0.25) is 9.69 Å². The van der Waals surface area contributed by atoms with Gasteiger partial charge >= 0.3 is 0 Å². The molecule has 0 aliphatic heterocycles.